The lowest BCUT2D eigenvalue weighted by Crippen LogP contribution is -2.44. The second kappa shape index (κ2) is 8.60. The molecule has 1 aromatic carbocycles. The van der Waals surface area contributed by atoms with Gasteiger partial charge in [0, 0.05) is 36.7 Å². The molecule has 0 aromatic heterocycles. The van der Waals surface area contributed by atoms with E-state index in [4.69, 9.17) is 0 Å². The Bertz CT molecular complexity index is 630. The van der Waals surface area contributed by atoms with E-state index in [2.05, 4.69) is 24.5 Å². The fourth-order valence-corrected chi connectivity index (χ4v) is 3.19. The van der Waals surface area contributed by atoms with Crippen LogP contribution in [0.2, 0.25) is 0 Å². The summed E-state index contributed by atoms with van der Waals surface area (Å²) in [5, 5.41) is 16.3. The van der Waals surface area contributed by atoms with Crippen LogP contribution in [0.3, 0.4) is 0 Å². The molecule has 1 saturated carbocycles. The molecule has 1 aromatic rings. The molecule has 0 bridgehead atoms. The van der Waals surface area contributed by atoms with Crippen molar-refractivity contribution in [3.63, 3.8) is 0 Å². The summed E-state index contributed by atoms with van der Waals surface area (Å²) >= 11 is 0. The van der Waals surface area contributed by atoms with Gasteiger partial charge in [-0.2, -0.15) is 0 Å². The Morgan fingerprint density at radius 1 is 1.20 bits per heavy atom. The summed E-state index contributed by atoms with van der Waals surface area (Å²) in [7, 11) is 0. The van der Waals surface area contributed by atoms with Gasteiger partial charge in [0.15, 0.2) is 0 Å². The third kappa shape index (κ3) is 5.27. The Morgan fingerprint density at radius 3 is 2.52 bits per heavy atom. The molecule has 2 rings (SSSR count). The van der Waals surface area contributed by atoms with Crippen LogP contribution in [0, 0.1) is 22.0 Å². The molecule has 7 nitrogen and oxygen atoms in total. The number of nitrogens with zero attached hydrogens (tertiary/aromatic N) is 1. The monoisotopic (exact) mass is 347 g/mol. The van der Waals surface area contributed by atoms with Crippen LogP contribution in [0.25, 0.3) is 0 Å². The average molecular weight is 347 g/mol. The van der Waals surface area contributed by atoms with E-state index in [9.17, 15) is 19.7 Å². The van der Waals surface area contributed by atoms with Crippen molar-refractivity contribution in [2.45, 2.75) is 45.6 Å². The average Bonchev–Trinajstić information content (AvgIpc) is 2.59. The molecule has 0 heterocycles. The van der Waals surface area contributed by atoms with E-state index in [1.165, 1.54) is 30.7 Å². The van der Waals surface area contributed by atoms with Gasteiger partial charge in [-0.1, -0.05) is 26.7 Å². The normalized spacial score (nSPS) is 22.9. The molecule has 1 fully saturated rings. The van der Waals surface area contributed by atoms with Crippen LogP contribution in [-0.2, 0) is 4.79 Å². The number of benzene rings is 1. The minimum absolute atomic E-state index is 0.0602. The first-order valence-corrected chi connectivity index (χ1v) is 8.70. The number of amides is 2. The lowest BCUT2D eigenvalue weighted by Gasteiger charge is -2.34. The number of hydrogen-bond acceptors (Lipinski definition) is 4. The lowest BCUT2D eigenvalue weighted by atomic mass is 9.78. The van der Waals surface area contributed by atoms with Crippen LogP contribution < -0.4 is 10.6 Å². The summed E-state index contributed by atoms with van der Waals surface area (Å²) in [5.41, 5.74) is 0.271. The molecule has 0 saturated heterocycles. The molecule has 2 N–H and O–H groups in total. The minimum Gasteiger partial charge on any atom is -0.353 e. The molecule has 0 spiro atoms. The third-order valence-corrected chi connectivity index (χ3v) is 5.03. The maximum absolute atomic E-state index is 12.1. The van der Waals surface area contributed by atoms with Crippen LogP contribution in [0.15, 0.2) is 24.3 Å². The SMILES string of the molecule is C[C@H]1[C@@H](NC(=O)CCNC(=O)c2ccc([N+](=O)[O-])cc2)CCC[C@@H]1C. The van der Waals surface area contributed by atoms with Crippen molar-refractivity contribution in [1.29, 1.82) is 0 Å². The highest BCUT2D eigenvalue weighted by Gasteiger charge is 2.27. The zero-order valence-corrected chi connectivity index (χ0v) is 14.7. The number of rotatable bonds is 6. The van der Waals surface area contributed by atoms with Gasteiger partial charge in [-0.25, -0.2) is 0 Å². The maximum atomic E-state index is 12.1. The topological polar surface area (TPSA) is 101 Å². The van der Waals surface area contributed by atoms with Crippen molar-refractivity contribution in [2.75, 3.05) is 6.54 Å². The van der Waals surface area contributed by atoms with E-state index >= 15 is 0 Å². The van der Waals surface area contributed by atoms with E-state index in [0.29, 0.717) is 17.4 Å². The Labute approximate surface area is 147 Å². The van der Waals surface area contributed by atoms with Gasteiger partial charge in [0.2, 0.25) is 5.91 Å². The molecule has 7 heteroatoms. The number of carbonyl (C=O) groups excluding carboxylic acids is 2. The number of nitro benzene ring substituents is 1. The Kier molecular flexibility index (Phi) is 6.50. The van der Waals surface area contributed by atoms with Gasteiger partial charge in [0.25, 0.3) is 11.6 Å². The zero-order valence-electron chi connectivity index (χ0n) is 14.7. The molecule has 136 valence electrons. The van der Waals surface area contributed by atoms with E-state index in [-0.39, 0.29) is 36.5 Å². The van der Waals surface area contributed by atoms with Gasteiger partial charge in [-0.05, 0) is 30.4 Å². The number of nitro groups is 1. The van der Waals surface area contributed by atoms with Crippen molar-refractivity contribution in [1.82, 2.24) is 10.6 Å². The molecule has 2 amide bonds. The number of non-ortho nitro benzene ring substituents is 1. The summed E-state index contributed by atoms with van der Waals surface area (Å²) in [6, 6.07) is 5.58. The first-order chi connectivity index (χ1) is 11.9. The summed E-state index contributed by atoms with van der Waals surface area (Å²) in [6.45, 7) is 4.62. The van der Waals surface area contributed by atoms with Gasteiger partial charge in [0.05, 0.1) is 4.92 Å². The van der Waals surface area contributed by atoms with Gasteiger partial charge in [-0.15, -0.1) is 0 Å². The standard InChI is InChI=1S/C18H25N3O4/c1-12-4-3-5-16(13(12)2)20-17(22)10-11-19-18(23)14-6-8-15(9-7-14)21(24)25/h6-9,12-13,16H,3-5,10-11H2,1-2H3,(H,19,23)(H,20,22)/t12-,13+,16-/m0/s1. The van der Waals surface area contributed by atoms with Crippen LogP contribution in [0.4, 0.5) is 5.69 Å². The second-order valence-corrected chi connectivity index (χ2v) is 6.75. The number of hydrogen-bond donors (Lipinski definition) is 2. The Morgan fingerprint density at radius 2 is 1.88 bits per heavy atom. The third-order valence-electron chi connectivity index (χ3n) is 5.03. The highest BCUT2D eigenvalue weighted by Crippen LogP contribution is 2.29. The molecule has 0 radical (unpaired) electrons. The molecular formula is C18H25N3O4. The molecule has 0 aliphatic heterocycles. The highest BCUT2D eigenvalue weighted by molar-refractivity contribution is 5.94. The van der Waals surface area contributed by atoms with Crippen molar-refractivity contribution in [3.8, 4) is 0 Å². The van der Waals surface area contributed by atoms with Crippen LogP contribution in [0.1, 0.15) is 49.9 Å². The van der Waals surface area contributed by atoms with E-state index in [1.807, 2.05) is 0 Å². The number of carbonyl (C=O) groups is 2. The first-order valence-electron chi connectivity index (χ1n) is 8.70. The summed E-state index contributed by atoms with van der Waals surface area (Å²) in [5.74, 6) is 0.672. The zero-order chi connectivity index (χ0) is 18.4. The lowest BCUT2D eigenvalue weighted by molar-refractivity contribution is -0.384. The summed E-state index contributed by atoms with van der Waals surface area (Å²) in [4.78, 5) is 34.1. The first kappa shape index (κ1) is 18.9. The van der Waals surface area contributed by atoms with Gasteiger partial charge >= 0.3 is 0 Å². The predicted octanol–water partition coefficient (Wildman–Crippen LogP) is 2.66. The van der Waals surface area contributed by atoms with Crippen LogP contribution >= 0.6 is 0 Å². The van der Waals surface area contributed by atoms with Crippen molar-refractivity contribution in [3.05, 3.63) is 39.9 Å². The van der Waals surface area contributed by atoms with Gasteiger partial charge in [-0.3, -0.25) is 19.7 Å². The molecule has 1 aliphatic carbocycles. The van der Waals surface area contributed by atoms with Gasteiger partial charge in [0.1, 0.15) is 0 Å². The summed E-state index contributed by atoms with van der Waals surface area (Å²) < 4.78 is 0. The Balaban J connectivity index is 1.75. The predicted molar refractivity (Wildman–Crippen MR) is 94.2 cm³/mol. The molecule has 0 unspecified atom stereocenters. The molecule has 3 atom stereocenters. The van der Waals surface area contributed by atoms with Crippen LogP contribution in [-0.4, -0.2) is 29.3 Å². The smallest absolute Gasteiger partial charge is 0.269 e. The molecule has 1 aliphatic rings. The van der Waals surface area contributed by atoms with Crippen LogP contribution in [0.5, 0.6) is 0 Å². The molecular weight excluding hydrogens is 322 g/mol. The summed E-state index contributed by atoms with van der Waals surface area (Å²) in [6.07, 6.45) is 3.56. The van der Waals surface area contributed by atoms with E-state index in [0.717, 1.165) is 12.8 Å². The van der Waals surface area contributed by atoms with E-state index < -0.39 is 4.92 Å². The quantitative estimate of drug-likeness (QED) is 0.610. The van der Waals surface area contributed by atoms with E-state index in [1.54, 1.807) is 0 Å². The minimum atomic E-state index is -0.515. The molecule has 25 heavy (non-hydrogen) atoms. The largest absolute Gasteiger partial charge is 0.353 e. The van der Waals surface area contributed by atoms with Crippen molar-refractivity contribution >= 4 is 17.5 Å². The second-order valence-electron chi connectivity index (χ2n) is 6.75. The van der Waals surface area contributed by atoms with Crippen molar-refractivity contribution in [2.24, 2.45) is 11.8 Å². The highest BCUT2D eigenvalue weighted by atomic mass is 16.6. The van der Waals surface area contributed by atoms with Gasteiger partial charge < -0.3 is 10.6 Å². The Hall–Kier alpha value is -2.44. The number of nitrogens with one attached hydrogen (secondary N) is 2. The fourth-order valence-electron chi connectivity index (χ4n) is 3.19. The fraction of sp³-hybridized carbons (Fsp3) is 0.556. The maximum Gasteiger partial charge on any atom is 0.269 e. The van der Waals surface area contributed by atoms with Crippen molar-refractivity contribution < 1.29 is 14.5 Å².